The summed E-state index contributed by atoms with van der Waals surface area (Å²) in [4.78, 5) is 0. The molecule has 1 saturated carbocycles. The van der Waals surface area contributed by atoms with Crippen molar-refractivity contribution in [2.75, 3.05) is 0 Å². The van der Waals surface area contributed by atoms with Gasteiger partial charge in [0.1, 0.15) is 24.7 Å². The lowest BCUT2D eigenvalue weighted by atomic mass is 9.79. The van der Waals surface area contributed by atoms with E-state index < -0.39 is 37.0 Å². The molecule has 4 heteroatoms. The minimum atomic E-state index is -2.00. The Morgan fingerprint density at radius 2 is 1.44 bits per heavy atom. The number of benzene rings is 1. The zero-order chi connectivity index (χ0) is 13.3. The smallest absolute Gasteiger partial charge is 0.141 e. The first-order valence-corrected chi connectivity index (χ1v) is 5.83. The molecule has 0 bridgehead atoms. The molecule has 1 unspecified atom stereocenters. The second-order valence-electron chi connectivity index (χ2n) is 4.55. The van der Waals surface area contributed by atoms with E-state index in [4.69, 9.17) is 0 Å². The topological polar surface area (TPSA) is 0 Å². The molecule has 1 fully saturated rings. The van der Waals surface area contributed by atoms with Crippen molar-refractivity contribution >= 4 is 6.08 Å². The average Bonchev–Trinajstić information content (AvgIpc) is 2.37. The van der Waals surface area contributed by atoms with Gasteiger partial charge in [-0.3, -0.25) is 0 Å². The number of hydrogen-bond donors (Lipinski definition) is 0. The molecule has 2 rings (SSSR count). The molecule has 1 aromatic rings. The van der Waals surface area contributed by atoms with Crippen molar-refractivity contribution in [3.8, 4) is 0 Å². The first-order valence-electron chi connectivity index (χ1n) is 5.83. The van der Waals surface area contributed by atoms with Crippen LogP contribution in [-0.2, 0) is 0 Å². The molecule has 0 saturated heterocycles. The van der Waals surface area contributed by atoms with Crippen molar-refractivity contribution in [3.05, 3.63) is 42.0 Å². The summed E-state index contributed by atoms with van der Waals surface area (Å²) in [7, 11) is 0. The molecule has 0 spiro atoms. The molecule has 0 nitrogen and oxygen atoms in total. The lowest BCUT2D eigenvalue weighted by Gasteiger charge is -2.34. The Kier molecular flexibility index (Phi) is 3.73. The lowest BCUT2D eigenvalue weighted by molar-refractivity contribution is -0.00570. The predicted octanol–water partition coefficient (Wildman–Crippen LogP) is 4.17. The highest BCUT2D eigenvalue weighted by Gasteiger charge is 2.47. The maximum absolute atomic E-state index is 13.7. The third kappa shape index (κ3) is 2.28. The minimum Gasteiger partial charge on any atom is -0.244 e. The summed E-state index contributed by atoms with van der Waals surface area (Å²) in [6.45, 7) is 3.56. The monoisotopic (exact) mass is 258 g/mol. The zero-order valence-electron chi connectivity index (χ0n) is 9.70. The van der Waals surface area contributed by atoms with Crippen LogP contribution in [0.2, 0.25) is 0 Å². The zero-order valence-corrected chi connectivity index (χ0v) is 9.70. The summed E-state index contributed by atoms with van der Waals surface area (Å²) < 4.78 is 54.0. The van der Waals surface area contributed by atoms with Gasteiger partial charge >= 0.3 is 0 Å². The molecule has 0 aliphatic heterocycles. The Hall–Kier alpha value is -1.32. The van der Waals surface area contributed by atoms with Crippen LogP contribution >= 0.6 is 0 Å². The van der Waals surface area contributed by atoms with Gasteiger partial charge < -0.3 is 0 Å². The largest absolute Gasteiger partial charge is 0.244 e. The third-order valence-corrected chi connectivity index (χ3v) is 3.38. The van der Waals surface area contributed by atoms with Crippen molar-refractivity contribution < 1.29 is 17.6 Å². The Morgan fingerprint density at radius 1 is 0.944 bits per heavy atom. The normalized spacial score (nSPS) is 36.3. The van der Waals surface area contributed by atoms with Crippen LogP contribution in [0.5, 0.6) is 0 Å². The second kappa shape index (κ2) is 5.12. The van der Waals surface area contributed by atoms with Gasteiger partial charge in [0.05, 0.1) is 5.92 Å². The third-order valence-electron chi connectivity index (χ3n) is 3.38. The Morgan fingerprint density at radius 3 is 1.89 bits per heavy atom. The lowest BCUT2D eigenvalue weighted by Crippen LogP contribution is -2.43. The van der Waals surface area contributed by atoms with E-state index in [0.29, 0.717) is 0 Å². The van der Waals surface area contributed by atoms with Gasteiger partial charge in [0.2, 0.25) is 0 Å². The SMILES string of the molecule is C=Cc1ccc(C2[C@@H](F)[C@@H](F)C[C@@H](F)[C@H]2F)cc1. The molecule has 18 heavy (non-hydrogen) atoms. The van der Waals surface area contributed by atoms with E-state index in [1.807, 2.05) is 0 Å². The van der Waals surface area contributed by atoms with Crippen molar-refractivity contribution in [2.24, 2.45) is 0 Å². The number of rotatable bonds is 2. The predicted molar refractivity (Wildman–Crippen MR) is 63.5 cm³/mol. The summed E-state index contributed by atoms with van der Waals surface area (Å²) in [6.07, 6.45) is -7.01. The molecule has 0 aromatic heterocycles. The van der Waals surface area contributed by atoms with E-state index in [2.05, 4.69) is 6.58 Å². The highest BCUT2D eigenvalue weighted by Crippen LogP contribution is 2.40. The second-order valence-corrected chi connectivity index (χ2v) is 4.55. The Bertz CT molecular complexity index is 400. The highest BCUT2D eigenvalue weighted by atomic mass is 19.2. The van der Waals surface area contributed by atoms with Crippen LogP contribution in [-0.4, -0.2) is 24.7 Å². The van der Waals surface area contributed by atoms with Crippen LogP contribution in [0, 0.1) is 0 Å². The van der Waals surface area contributed by atoms with Crippen LogP contribution in [0.4, 0.5) is 17.6 Å². The highest BCUT2D eigenvalue weighted by molar-refractivity contribution is 5.47. The molecule has 1 aromatic carbocycles. The fourth-order valence-electron chi connectivity index (χ4n) is 2.32. The van der Waals surface area contributed by atoms with E-state index in [0.717, 1.165) is 5.56 Å². The van der Waals surface area contributed by atoms with Gasteiger partial charge in [-0.15, -0.1) is 0 Å². The van der Waals surface area contributed by atoms with Crippen LogP contribution in [0.1, 0.15) is 23.5 Å². The minimum absolute atomic E-state index is 0.283. The van der Waals surface area contributed by atoms with Gasteiger partial charge in [0.25, 0.3) is 0 Å². The van der Waals surface area contributed by atoms with E-state index in [9.17, 15) is 17.6 Å². The molecule has 0 amide bonds. The summed E-state index contributed by atoms with van der Waals surface area (Å²) in [5, 5.41) is 0. The molecule has 0 heterocycles. The molecule has 0 radical (unpaired) electrons. The van der Waals surface area contributed by atoms with E-state index in [1.165, 1.54) is 12.1 Å². The Balaban J connectivity index is 2.30. The summed E-state index contributed by atoms with van der Waals surface area (Å²) >= 11 is 0. The van der Waals surface area contributed by atoms with Crippen molar-refractivity contribution in [1.82, 2.24) is 0 Å². The van der Waals surface area contributed by atoms with E-state index in [1.54, 1.807) is 18.2 Å². The first-order chi connectivity index (χ1) is 8.54. The van der Waals surface area contributed by atoms with Gasteiger partial charge in [0, 0.05) is 6.42 Å². The quantitative estimate of drug-likeness (QED) is 0.698. The molecule has 98 valence electrons. The van der Waals surface area contributed by atoms with Crippen LogP contribution in [0.3, 0.4) is 0 Å². The van der Waals surface area contributed by atoms with Gasteiger partial charge in [-0.1, -0.05) is 36.9 Å². The summed E-state index contributed by atoms with van der Waals surface area (Å²) in [5.41, 5.74) is 1.07. The van der Waals surface area contributed by atoms with Gasteiger partial charge in [-0.05, 0) is 11.1 Å². The van der Waals surface area contributed by atoms with Crippen LogP contribution in [0.25, 0.3) is 6.08 Å². The van der Waals surface area contributed by atoms with Crippen LogP contribution in [0.15, 0.2) is 30.8 Å². The van der Waals surface area contributed by atoms with Crippen molar-refractivity contribution in [1.29, 1.82) is 0 Å². The number of hydrogen-bond acceptors (Lipinski definition) is 0. The van der Waals surface area contributed by atoms with Gasteiger partial charge in [0.15, 0.2) is 0 Å². The molecular weight excluding hydrogens is 244 g/mol. The van der Waals surface area contributed by atoms with Gasteiger partial charge in [-0.2, -0.15) is 0 Å². The number of halogens is 4. The fraction of sp³-hybridized carbons (Fsp3) is 0.429. The number of alkyl halides is 4. The molecule has 0 N–H and O–H groups in total. The molecular formula is C14H14F4. The Labute approximate surface area is 103 Å². The molecule has 1 aliphatic carbocycles. The standard InChI is InChI=1S/C14H14F4/c1-2-8-3-5-9(6-4-8)12-13(17)10(15)7-11(16)14(12)18/h2-6,10-14H,1,7H2/t10-,11+,12?,13-,14+. The van der Waals surface area contributed by atoms with Crippen LogP contribution < -0.4 is 0 Å². The fourth-order valence-corrected chi connectivity index (χ4v) is 2.32. The van der Waals surface area contributed by atoms with E-state index >= 15 is 0 Å². The van der Waals surface area contributed by atoms with Crippen molar-refractivity contribution in [3.63, 3.8) is 0 Å². The van der Waals surface area contributed by atoms with Crippen molar-refractivity contribution in [2.45, 2.75) is 37.0 Å². The van der Waals surface area contributed by atoms with E-state index in [-0.39, 0.29) is 5.56 Å². The maximum atomic E-state index is 13.7. The first kappa shape index (κ1) is 13.1. The summed E-state index contributed by atoms with van der Waals surface area (Å²) in [6, 6.07) is 6.23. The summed E-state index contributed by atoms with van der Waals surface area (Å²) in [5.74, 6) is -1.37. The average molecular weight is 258 g/mol. The molecule has 5 atom stereocenters. The molecule has 1 aliphatic rings. The maximum Gasteiger partial charge on any atom is 0.141 e. The van der Waals surface area contributed by atoms with Gasteiger partial charge in [-0.25, -0.2) is 17.6 Å².